The van der Waals surface area contributed by atoms with Crippen LogP contribution in [-0.4, -0.2) is 62.2 Å². The maximum Gasteiger partial charge on any atom is 0.219 e. The molecule has 4 heterocycles. The lowest BCUT2D eigenvalue weighted by Crippen LogP contribution is -2.58. The highest BCUT2D eigenvalue weighted by atomic mass is 16.2. The van der Waals surface area contributed by atoms with Gasteiger partial charge in [0.1, 0.15) is 5.82 Å². The predicted molar refractivity (Wildman–Crippen MR) is 146 cm³/mol. The summed E-state index contributed by atoms with van der Waals surface area (Å²) in [5.74, 6) is 1.94. The van der Waals surface area contributed by atoms with Gasteiger partial charge in [0, 0.05) is 38.8 Å². The summed E-state index contributed by atoms with van der Waals surface area (Å²) in [6.45, 7) is 8.98. The number of hydrogen-bond acceptors (Lipinski definition) is 6. The van der Waals surface area contributed by atoms with Crippen molar-refractivity contribution >= 4 is 12.0 Å². The van der Waals surface area contributed by atoms with Crippen molar-refractivity contribution in [1.82, 2.24) is 29.9 Å². The molecule has 1 spiro atoms. The van der Waals surface area contributed by atoms with Gasteiger partial charge in [-0.1, -0.05) is 43.7 Å². The van der Waals surface area contributed by atoms with E-state index in [4.69, 9.17) is 5.73 Å². The molecule has 2 atom stereocenters. The average molecular weight is 502 g/mol. The lowest BCUT2D eigenvalue weighted by molar-refractivity contribution is -0.133. The summed E-state index contributed by atoms with van der Waals surface area (Å²) in [5, 5.41) is 12.2. The van der Waals surface area contributed by atoms with Gasteiger partial charge in [-0.3, -0.25) is 9.36 Å². The van der Waals surface area contributed by atoms with E-state index in [1.165, 1.54) is 24.0 Å². The molecule has 1 aromatic heterocycles. The molecule has 0 radical (unpaired) electrons. The standard InChI is InChI=1S/C29H39N7O/c1-4-5-8-23-9-6-10-24(15-23)17-35-20-29(13-7-11-28-33-32-21(2)36(28)29)16-27(35)26(30)12-14-31-25-18-34(19-25)22(3)37/h6-7,9-12,14-16,25-26,31H,4-5,8,13,17-20,30H2,1-3H3/b14-12-. The van der Waals surface area contributed by atoms with Gasteiger partial charge in [0.2, 0.25) is 5.91 Å². The Hall–Kier alpha value is -3.39. The minimum absolute atomic E-state index is 0.125. The third kappa shape index (κ3) is 5.21. The quantitative estimate of drug-likeness (QED) is 0.549. The number of aromatic nitrogens is 3. The topological polar surface area (TPSA) is 92.3 Å². The van der Waals surface area contributed by atoms with Gasteiger partial charge in [0.05, 0.1) is 17.6 Å². The Morgan fingerprint density at radius 2 is 2.11 bits per heavy atom. The molecule has 0 saturated carbocycles. The van der Waals surface area contributed by atoms with E-state index in [0.29, 0.717) is 0 Å². The van der Waals surface area contributed by atoms with Crippen LogP contribution in [0.5, 0.6) is 0 Å². The fourth-order valence-corrected chi connectivity index (χ4v) is 5.76. The zero-order valence-electron chi connectivity index (χ0n) is 22.2. The van der Waals surface area contributed by atoms with Crippen molar-refractivity contribution in [2.75, 3.05) is 19.6 Å². The van der Waals surface area contributed by atoms with E-state index in [1.54, 1.807) is 6.92 Å². The number of fused-ring (bicyclic) bond motifs is 2. The van der Waals surface area contributed by atoms with Gasteiger partial charge in [-0.05, 0) is 61.7 Å². The number of rotatable bonds is 9. The monoisotopic (exact) mass is 501 g/mol. The molecule has 1 amide bonds. The van der Waals surface area contributed by atoms with Crippen LogP contribution >= 0.6 is 0 Å². The van der Waals surface area contributed by atoms with Crippen LogP contribution in [0.1, 0.15) is 55.9 Å². The van der Waals surface area contributed by atoms with Gasteiger partial charge in [-0.25, -0.2) is 0 Å². The predicted octanol–water partition coefficient (Wildman–Crippen LogP) is 3.10. The number of allylic oxidation sites excluding steroid dienone is 1. The summed E-state index contributed by atoms with van der Waals surface area (Å²) in [5.41, 5.74) is 10.4. The summed E-state index contributed by atoms with van der Waals surface area (Å²) in [6, 6.07) is 8.99. The van der Waals surface area contributed by atoms with E-state index in [1.807, 2.05) is 24.1 Å². The first-order chi connectivity index (χ1) is 17.9. The largest absolute Gasteiger partial charge is 0.385 e. The molecule has 1 aromatic carbocycles. The van der Waals surface area contributed by atoms with Gasteiger partial charge in [-0.15, -0.1) is 10.2 Å². The van der Waals surface area contributed by atoms with E-state index < -0.39 is 0 Å². The SMILES string of the molecule is CCCCc1cccc(CN2CC3(C=C2C(N)/C=C\NC2CN(C(C)=O)C2)CC=Cc2nnc(C)n23)c1. The summed E-state index contributed by atoms with van der Waals surface area (Å²) >= 11 is 0. The average Bonchev–Trinajstić information content (AvgIpc) is 3.40. The molecule has 3 aliphatic rings. The summed E-state index contributed by atoms with van der Waals surface area (Å²) in [7, 11) is 0. The van der Waals surface area contributed by atoms with Crippen LogP contribution in [0.3, 0.4) is 0 Å². The second kappa shape index (κ2) is 10.5. The molecular formula is C29H39N7O. The maximum absolute atomic E-state index is 11.5. The summed E-state index contributed by atoms with van der Waals surface area (Å²) in [6.07, 6.45) is 15.0. The highest BCUT2D eigenvalue weighted by Gasteiger charge is 2.43. The number of unbranched alkanes of at least 4 members (excludes halogenated alkanes) is 1. The Labute approximate surface area is 219 Å². The fourth-order valence-electron chi connectivity index (χ4n) is 5.76. The second-order valence-electron chi connectivity index (χ2n) is 10.7. The Kier molecular flexibility index (Phi) is 7.20. The number of carbonyl (C=O) groups is 1. The van der Waals surface area contributed by atoms with E-state index in [9.17, 15) is 4.79 Å². The first kappa shape index (κ1) is 25.3. The molecule has 0 aliphatic carbocycles. The second-order valence-corrected chi connectivity index (χ2v) is 10.7. The molecule has 196 valence electrons. The number of nitrogens with one attached hydrogen (secondary N) is 1. The smallest absolute Gasteiger partial charge is 0.219 e. The van der Waals surface area contributed by atoms with E-state index in [-0.39, 0.29) is 23.5 Å². The number of aryl methyl sites for hydroxylation is 2. The first-order valence-corrected chi connectivity index (χ1v) is 13.5. The van der Waals surface area contributed by atoms with Crippen molar-refractivity contribution in [3.8, 4) is 0 Å². The summed E-state index contributed by atoms with van der Waals surface area (Å²) in [4.78, 5) is 15.7. The van der Waals surface area contributed by atoms with E-state index >= 15 is 0 Å². The lowest BCUT2D eigenvalue weighted by Gasteiger charge is -2.38. The Morgan fingerprint density at radius 1 is 1.30 bits per heavy atom. The zero-order valence-corrected chi connectivity index (χ0v) is 22.2. The zero-order chi connectivity index (χ0) is 26.0. The van der Waals surface area contributed by atoms with Crippen LogP contribution in [0, 0.1) is 6.92 Å². The number of amides is 1. The lowest BCUT2D eigenvalue weighted by atomic mass is 9.92. The third-order valence-corrected chi connectivity index (χ3v) is 7.77. The van der Waals surface area contributed by atoms with E-state index in [0.717, 1.165) is 56.4 Å². The molecule has 2 aromatic rings. The molecular weight excluding hydrogens is 462 g/mol. The van der Waals surface area contributed by atoms with Crippen LogP contribution in [0.25, 0.3) is 6.08 Å². The molecule has 1 fully saturated rings. The van der Waals surface area contributed by atoms with Gasteiger partial charge in [-0.2, -0.15) is 0 Å². The fraction of sp³-hybridized carbons (Fsp3) is 0.483. The Balaban J connectivity index is 1.37. The number of hydrogen-bond donors (Lipinski definition) is 2. The number of likely N-dealkylation sites (tertiary alicyclic amines) is 1. The van der Waals surface area contributed by atoms with Gasteiger partial charge < -0.3 is 20.9 Å². The summed E-state index contributed by atoms with van der Waals surface area (Å²) < 4.78 is 2.27. The molecule has 37 heavy (non-hydrogen) atoms. The highest BCUT2D eigenvalue weighted by molar-refractivity contribution is 5.74. The number of benzene rings is 1. The van der Waals surface area contributed by atoms with Gasteiger partial charge in [0.15, 0.2) is 5.82 Å². The number of carbonyl (C=O) groups excluding carboxylic acids is 1. The van der Waals surface area contributed by atoms with Crippen LogP contribution < -0.4 is 11.1 Å². The van der Waals surface area contributed by atoms with Gasteiger partial charge in [0.25, 0.3) is 0 Å². The van der Waals surface area contributed by atoms with Crippen LogP contribution in [-0.2, 0) is 23.3 Å². The van der Waals surface area contributed by atoms with Gasteiger partial charge >= 0.3 is 0 Å². The normalized spacial score (nSPS) is 21.9. The highest BCUT2D eigenvalue weighted by Crippen LogP contribution is 2.40. The van der Waals surface area contributed by atoms with Crippen molar-refractivity contribution in [3.63, 3.8) is 0 Å². The Morgan fingerprint density at radius 3 is 2.89 bits per heavy atom. The number of nitrogens with zero attached hydrogens (tertiary/aromatic N) is 5. The molecule has 8 nitrogen and oxygen atoms in total. The molecule has 3 N–H and O–H groups in total. The van der Waals surface area contributed by atoms with Crippen molar-refractivity contribution in [3.05, 3.63) is 77.2 Å². The molecule has 8 heteroatoms. The Bertz CT molecular complexity index is 1220. The van der Waals surface area contributed by atoms with E-state index in [2.05, 4.69) is 74.4 Å². The molecule has 0 bridgehead atoms. The molecule has 5 rings (SSSR count). The number of nitrogens with two attached hydrogens (primary N) is 1. The van der Waals surface area contributed by atoms with Crippen LogP contribution in [0.15, 0.2) is 54.4 Å². The van der Waals surface area contributed by atoms with Crippen LogP contribution in [0.2, 0.25) is 0 Å². The van der Waals surface area contributed by atoms with Crippen molar-refractivity contribution in [1.29, 1.82) is 0 Å². The first-order valence-electron chi connectivity index (χ1n) is 13.5. The minimum atomic E-state index is -0.259. The molecule has 2 unspecified atom stereocenters. The van der Waals surface area contributed by atoms with Crippen molar-refractivity contribution in [2.24, 2.45) is 5.73 Å². The van der Waals surface area contributed by atoms with Crippen LogP contribution in [0.4, 0.5) is 0 Å². The maximum atomic E-state index is 11.5. The third-order valence-electron chi connectivity index (χ3n) is 7.77. The minimum Gasteiger partial charge on any atom is -0.385 e. The van der Waals surface area contributed by atoms with Crippen molar-refractivity contribution < 1.29 is 4.79 Å². The van der Waals surface area contributed by atoms with Crippen molar-refractivity contribution in [2.45, 2.75) is 70.6 Å². The molecule has 3 aliphatic heterocycles. The molecule has 1 saturated heterocycles.